The molecule has 0 saturated carbocycles. The van der Waals surface area contributed by atoms with Crippen molar-refractivity contribution in [3.8, 4) is 0 Å². The Balaban J connectivity index is 4.60. The molecule has 4 nitrogen and oxygen atoms in total. The fourth-order valence-corrected chi connectivity index (χ4v) is 1.12. The fraction of sp³-hybridized carbons (Fsp3) is 0.500. The van der Waals surface area contributed by atoms with E-state index in [2.05, 4.69) is 0 Å². The molecule has 0 heterocycles. The van der Waals surface area contributed by atoms with Crippen LogP contribution in [0.3, 0.4) is 0 Å². The predicted octanol–water partition coefficient (Wildman–Crippen LogP) is 2.61. The monoisotopic (exact) mass is 226 g/mol. The summed E-state index contributed by atoms with van der Waals surface area (Å²) in [4.78, 5) is 21.3. The fourth-order valence-electron chi connectivity index (χ4n) is 1.12. The van der Waals surface area contributed by atoms with E-state index in [-0.39, 0.29) is 0 Å². The van der Waals surface area contributed by atoms with Gasteiger partial charge in [0, 0.05) is 11.1 Å². The molecule has 0 amide bonds. The Morgan fingerprint density at radius 1 is 0.750 bits per heavy atom. The van der Waals surface area contributed by atoms with Gasteiger partial charge < -0.3 is 10.2 Å². The molecule has 0 spiro atoms. The molecule has 0 aliphatic carbocycles. The van der Waals surface area contributed by atoms with Crippen LogP contribution in [-0.2, 0) is 9.59 Å². The van der Waals surface area contributed by atoms with Gasteiger partial charge in [-0.15, -0.1) is 0 Å². The van der Waals surface area contributed by atoms with E-state index >= 15 is 0 Å². The molecule has 4 heteroatoms. The molecule has 0 aliphatic heterocycles. The Hall–Kier alpha value is -1.58. The zero-order chi connectivity index (χ0) is 12.9. The van der Waals surface area contributed by atoms with Crippen LogP contribution in [0.25, 0.3) is 0 Å². The molecule has 0 aromatic carbocycles. The van der Waals surface area contributed by atoms with Crippen LogP contribution in [0.2, 0.25) is 0 Å². The quantitative estimate of drug-likeness (QED) is 0.706. The highest BCUT2D eigenvalue weighted by Crippen LogP contribution is 2.17. The summed E-state index contributed by atoms with van der Waals surface area (Å²) in [7, 11) is 0. The van der Waals surface area contributed by atoms with E-state index < -0.39 is 11.9 Å². The highest BCUT2D eigenvalue weighted by atomic mass is 16.4. The summed E-state index contributed by atoms with van der Waals surface area (Å²) < 4.78 is 0. The molecule has 90 valence electrons. The molecule has 0 saturated heterocycles. The van der Waals surface area contributed by atoms with Crippen LogP contribution < -0.4 is 0 Å². The van der Waals surface area contributed by atoms with Gasteiger partial charge in [0.25, 0.3) is 0 Å². The first-order chi connectivity index (χ1) is 7.27. The van der Waals surface area contributed by atoms with Gasteiger partial charge in [0.15, 0.2) is 0 Å². The van der Waals surface area contributed by atoms with Crippen molar-refractivity contribution in [1.29, 1.82) is 0 Å². The van der Waals surface area contributed by atoms with Crippen LogP contribution in [0, 0.1) is 0 Å². The summed E-state index contributed by atoms with van der Waals surface area (Å²) in [5.41, 5.74) is 2.23. The van der Waals surface area contributed by atoms with Gasteiger partial charge in [-0.2, -0.15) is 0 Å². The van der Waals surface area contributed by atoms with Gasteiger partial charge in [0.1, 0.15) is 0 Å². The highest BCUT2D eigenvalue weighted by Gasteiger charge is 2.08. The number of carboxylic acid groups (broad SMARTS) is 2. The molecular formula is C12H18O4. The first-order valence-corrected chi connectivity index (χ1v) is 5.06. The van der Waals surface area contributed by atoms with E-state index in [1.807, 2.05) is 0 Å². The Kier molecular flexibility index (Phi) is 5.50. The van der Waals surface area contributed by atoms with E-state index in [0.717, 1.165) is 11.1 Å². The van der Waals surface area contributed by atoms with Gasteiger partial charge in [-0.05, 0) is 40.5 Å². The standard InChI is InChI=1S/C12H18O4/c1-7(9(3)11(13)14)5-6-8(2)10(4)12(15)16/h5-6H2,1-4H3,(H,13,14)(H,15,16)/b9-7+,10-8+. The molecule has 0 atom stereocenters. The number of hydrogen-bond donors (Lipinski definition) is 2. The van der Waals surface area contributed by atoms with E-state index in [1.54, 1.807) is 27.7 Å². The molecule has 0 bridgehead atoms. The van der Waals surface area contributed by atoms with Gasteiger partial charge in [-0.1, -0.05) is 11.1 Å². The molecule has 16 heavy (non-hydrogen) atoms. The first-order valence-electron chi connectivity index (χ1n) is 5.06. The van der Waals surface area contributed by atoms with Gasteiger partial charge in [-0.3, -0.25) is 0 Å². The zero-order valence-corrected chi connectivity index (χ0v) is 10.1. The van der Waals surface area contributed by atoms with E-state index in [0.29, 0.717) is 24.0 Å². The summed E-state index contributed by atoms with van der Waals surface area (Å²) in [5.74, 6) is -1.84. The Morgan fingerprint density at radius 2 is 1.00 bits per heavy atom. The minimum atomic E-state index is -0.922. The number of carbonyl (C=O) groups is 2. The van der Waals surface area contributed by atoms with Crippen LogP contribution in [0.5, 0.6) is 0 Å². The number of allylic oxidation sites excluding steroid dienone is 2. The van der Waals surface area contributed by atoms with Crippen LogP contribution in [0.1, 0.15) is 40.5 Å². The summed E-state index contributed by atoms with van der Waals surface area (Å²) in [6, 6.07) is 0. The number of aliphatic carboxylic acids is 2. The second kappa shape index (κ2) is 6.10. The Morgan fingerprint density at radius 3 is 1.19 bits per heavy atom. The number of hydrogen-bond acceptors (Lipinski definition) is 2. The minimum Gasteiger partial charge on any atom is -0.478 e. The molecule has 2 N–H and O–H groups in total. The van der Waals surface area contributed by atoms with Gasteiger partial charge in [0.2, 0.25) is 0 Å². The van der Waals surface area contributed by atoms with Gasteiger partial charge >= 0.3 is 11.9 Å². The summed E-state index contributed by atoms with van der Waals surface area (Å²) in [6.45, 7) is 6.63. The highest BCUT2D eigenvalue weighted by molar-refractivity contribution is 5.87. The van der Waals surface area contributed by atoms with Crippen molar-refractivity contribution < 1.29 is 19.8 Å². The van der Waals surface area contributed by atoms with E-state index in [9.17, 15) is 9.59 Å². The molecule has 0 aliphatic rings. The van der Waals surface area contributed by atoms with Crippen molar-refractivity contribution in [2.24, 2.45) is 0 Å². The van der Waals surface area contributed by atoms with Crippen molar-refractivity contribution >= 4 is 11.9 Å². The molecule has 0 unspecified atom stereocenters. The maximum absolute atomic E-state index is 10.7. The van der Waals surface area contributed by atoms with Crippen LogP contribution in [0.15, 0.2) is 22.3 Å². The third-order valence-electron chi connectivity index (χ3n) is 2.80. The maximum atomic E-state index is 10.7. The summed E-state index contributed by atoms with van der Waals surface area (Å²) in [6.07, 6.45) is 1.16. The second-order valence-electron chi connectivity index (χ2n) is 3.92. The molecular weight excluding hydrogens is 208 g/mol. The molecule has 0 radical (unpaired) electrons. The third-order valence-corrected chi connectivity index (χ3v) is 2.80. The lowest BCUT2D eigenvalue weighted by atomic mass is 10.00. The smallest absolute Gasteiger partial charge is 0.331 e. The van der Waals surface area contributed by atoms with Gasteiger partial charge in [0.05, 0.1) is 0 Å². The lowest BCUT2D eigenvalue weighted by molar-refractivity contribution is -0.133. The molecule has 0 rings (SSSR count). The van der Waals surface area contributed by atoms with E-state index in [4.69, 9.17) is 10.2 Å². The largest absolute Gasteiger partial charge is 0.478 e. The van der Waals surface area contributed by atoms with Crippen molar-refractivity contribution in [3.63, 3.8) is 0 Å². The van der Waals surface area contributed by atoms with Crippen molar-refractivity contribution in [2.75, 3.05) is 0 Å². The first kappa shape index (κ1) is 14.4. The average Bonchev–Trinajstić information content (AvgIpc) is 2.22. The third kappa shape index (κ3) is 4.29. The summed E-state index contributed by atoms with van der Waals surface area (Å²) >= 11 is 0. The lowest BCUT2D eigenvalue weighted by Gasteiger charge is -2.06. The molecule has 0 aromatic heterocycles. The minimum absolute atomic E-state index is 0.334. The summed E-state index contributed by atoms with van der Waals surface area (Å²) in [5, 5.41) is 17.5. The van der Waals surface area contributed by atoms with Crippen molar-refractivity contribution in [1.82, 2.24) is 0 Å². The Bertz CT molecular complexity index is 325. The van der Waals surface area contributed by atoms with Gasteiger partial charge in [-0.25, -0.2) is 9.59 Å². The molecule has 0 fully saturated rings. The lowest BCUT2D eigenvalue weighted by Crippen LogP contribution is -2.02. The van der Waals surface area contributed by atoms with Crippen molar-refractivity contribution in [3.05, 3.63) is 22.3 Å². The van der Waals surface area contributed by atoms with Crippen LogP contribution in [-0.4, -0.2) is 22.2 Å². The molecule has 0 aromatic rings. The Labute approximate surface area is 95.3 Å². The predicted molar refractivity (Wildman–Crippen MR) is 61.3 cm³/mol. The van der Waals surface area contributed by atoms with Crippen molar-refractivity contribution in [2.45, 2.75) is 40.5 Å². The topological polar surface area (TPSA) is 74.6 Å². The second-order valence-corrected chi connectivity index (χ2v) is 3.92. The normalized spacial score (nSPS) is 14.0. The zero-order valence-electron chi connectivity index (χ0n) is 10.1. The van der Waals surface area contributed by atoms with Crippen LogP contribution >= 0.6 is 0 Å². The van der Waals surface area contributed by atoms with E-state index in [1.165, 1.54) is 0 Å². The SMILES string of the molecule is C/C(CC/C(C)=C(\C)C(=O)O)=C(/C)C(=O)O. The average molecular weight is 226 g/mol. The van der Waals surface area contributed by atoms with Crippen LogP contribution in [0.4, 0.5) is 0 Å². The number of carboxylic acids is 2. The maximum Gasteiger partial charge on any atom is 0.331 e. The number of rotatable bonds is 5.